The molecule has 1 aromatic carbocycles. The number of halogens is 2. The van der Waals surface area contributed by atoms with E-state index in [0.717, 1.165) is 23.1 Å². The fraction of sp³-hybridized carbons (Fsp3) is 0.600. The van der Waals surface area contributed by atoms with E-state index < -0.39 is 0 Å². The number of benzene rings is 1. The first kappa shape index (κ1) is 14.0. The number of hydrogen-bond donors (Lipinski definition) is 1. The zero-order chi connectivity index (χ0) is 13.0. The van der Waals surface area contributed by atoms with Crippen LogP contribution in [0.1, 0.15) is 44.6 Å². The van der Waals surface area contributed by atoms with Gasteiger partial charge in [-0.3, -0.25) is 0 Å². The maximum Gasteiger partial charge on any atom is 0.124 e. The number of nitrogens with one attached hydrogen (secondary N) is 1. The molecule has 0 aliphatic heterocycles. The molecule has 0 spiro atoms. The SMILES string of the molecule is CCC1(CNCc2cc(F)cc(Br)c2)CCCC1. The van der Waals surface area contributed by atoms with Crippen molar-refractivity contribution in [3.8, 4) is 0 Å². The average Bonchev–Trinajstić information content (AvgIpc) is 2.77. The molecule has 1 nitrogen and oxygen atoms in total. The van der Waals surface area contributed by atoms with Gasteiger partial charge in [0, 0.05) is 17.6 Å². The second-order valence-corrected chi connectivity index (χ2v) is 6.36. The highest BCUT2D eigenvalue weighted by molar-refractivity contribution is 9.10. The topological polar surface area (TPSA) is 12.0 Å². The lowest BCUT2D eigenvalue weighted by Crippen LogP contribution is -2.31. The Morgan fingerprint density at radius 3 is 2.61 bits per heavy atom. The van der Waals surface area contributed by atoms with E-state index in [0.29, 0.717) is 5.41 Å². The Kier molecular flexibility index (Phi) is 4.79. The maximum absolute atomic E-state index is 13.2. The van der Waals surface area contributed by atoms with Gasteiger partial charge in [-0.2, -0.15) is 0 Å². The first-order valence-electron chi connectivity index (χ1n) is 6.79. The first-order chi connectivity index (χ1) is 8.63. The second-order valence-electron chi connectivity index (χ2n) is 5.44. The molecule has 1 aromatic rings. The molecule has 0 bridgehead atoms. The summed E-state index contributed by atoms with van der Waals surface area (Å²) < 4.78 is 14.1. The van der Waals surface area contributed by atoms with Gasteiger partial charge in [-0.1, -0.05) is 35.7 Å². The largest absolute Gasteiger partial charge is 0.312 e. The zero-order valence-corrected chi connectivity index (χ0v) is 12.5. The first-order valence-corrected chi connectivity index (χ1v) is 7.58. The van der Waals surface area contributed by atoms with Gasteiger partial charge in [0.05, 0.1) is 0 Å². The van der Waals surface area contributed by atoms with E-state index in [1.807, 2.05) is 6.07 Å². The van der Waals surface area contributed by atoms with Gasteiger partial charge in [0.25, 0.3) is 0 Å². The Morgan fingerprint density at radius 1 is 1.28 bits per heavy atom. The summed E-state index contributed by atoms with van der Waals surface area (Å²) >= 11 is 3.33. The standard InChI is InChI=1S/C15H21BrFN/c1-2-15(5-3-4-6-15)11-18-10-12-7-13(16)9-14(17)8-12/h7-9,18H,2-6,10-11H2,1H3. The molecule has 0 amide bonds. The van der Waals surface area contributed by atoms with E-state index in [4.69, 9.17) is 0 Å². The summed E-state index contributed by atoms with van der Waals surface area (Å²) in [5, 5.41) is 3.50. The summed E-state index contributed by atoms with van der Waals surface area (Å²) in [6, 6.07) is 5.07. The molecule has 1 N–H and O–H groups in total. The molecule has 1 aliphatic carbocycles. The molecule has 0 atom stereocenters. The van der Waals surface area contributed by atoms with Gasteiger partial charge in [0.1, 0.15) is 5.82 Å². The normalized spacial score (nSPS) is 18.2. The molecule has 0 saturated heterocycles. The van der Waals surface area contributed by atoms with Gasteiger partial charge in [-0.05, 0) is 48.4 Å². The van der Waals surface area contributed by atoms with Crippen molar-refractivity contribution in [1.82, 2.24) is 5.32 Å². The summed E-state index contributed by atoms with van der Waals surface area (Å²) in [5.74, 6) is -0.174. The third-order valence-electron chi connectivity index (χ3n) is 4.17. The van der Waals surface area contributed by atoms with E-state index in [1.165, 1.54) is 38.2 Å². The molecule has 1 aliphatic rings. The summed E-state index contributed by atoms with van der Waals surface area (Å²) in [6.07, 6.45) is 6.64. The molecule has 0 radical (unpaired) electrons. The Labute approximate surface area is 117 Å². The van der Waals surface area contributed by atoms with E-state index >= 15 is 0 Å². The van der Waals surface area contributed by atoms with Crippen molar-refractivity contribution in [3.63, 3.8) is 0 Å². The van der Waals surface area contributed by atoms with Crippen molar-refractivity contribution in [2.45, 2.75) is 45.6 Å². The van der Waals surface area contributed by atoms with Crippen molar-refractivity contribution >= 4 is 15.9 Å². The minimum atomic E-state index is -0.174. The molecule has 1 saturated carbocycles. The van der Waals surface area contributed by atoms with Crippen LogP contribution in [0.3, 0.4) is 0 Å². The summed E-state index contributed by atoms with van der Waals surface area (Å²) in [4.78, 5) is 0. The molecule has 100 valence electrons. The monoisotopic (exact) mass is 313 g/mol. The maximum atomic E-state index is 13.2. The van der Waals surface area contributed by atoms with Crippen LogP contribution in [0.4, 0.5) is 4.39 Å². The van der Waals surface area contributed by atoms with Crippen molar-refractivity contribution in [1.29, 1.82) is 0 Å². The fourth-order valence-electron chi connectivity index (χ4n) is 2.97. The predicted octanol–water partition coefficient (Wildman–Crippen LogP) is 4.65. The molecule has 0 aromatic heterocycles. The molecule has 0 unspecified atom stereocenters. The summed E-state index contributed by atoms with van der Waals surface area (Å²) in [6.45, 7) is 4.08. The van der Waals surface area contributed by atoms with Gasteiger partial charge in [-0.15, -0.1) is 0 Å². The highest BCUT2D eigenvalue weighted by Crippen LogP contribution is 2.40. The van der Waals surface area contributed by atoms with Gasteiger partial charge in [0.2, 0.25) is 0 Å². The van der Waals surface area contributed by atoms with Gasteiger partial charge in [0.15, 0.2) is 0 Å². The Morgan fingerprint density at radius 2 is 2.00 bits per heavy atom. The van der Waals surface area contributed by atoms with E-state index in [2.05, 4.69) is 28.2 Å². The lowest BCUT2D eigenvalue weighted by atomic mass is 9.83. The molecule has 0 heterocycles. The fourth-order valence-corrected chi connectivity index (χ4v) is 3.48. The lowest BCUT2D eigenvalue weighted by Gasteiger charge is -2.27. The van der Waals surface area contributed by atoms with Crippen LogP contribution in [0.5, 0.6) is 0 Å². The van der Waals surface area contributed by atoms with Crippen LogP contribution in [-0.4, -0.2) is 6.54 Å². The lowest BCUT2D eigenvalue weighted by molar-refractivity contribution is 0.268. The summed E-state index contributed by atoms with van der Waals surface area (Å²) in [5.41, 5.74) is 1.50. The van der Waals surface area contributed by atoms with Crippen LogP contribution in [-0.2, 0) is 6.54 Å². The van der Waals surface area contributed by atoms with Crippen molar-refractivity contribution in [2.24, 2.45) is 5.41 Å². The quantitative estimate of drug-likeness (QED) is 0.834. The smallest absolute Gasteiger partial charge is 0.124 e. The van der Waals surface area contributed by atoms with Gasteiger partial charge < -0.3 is 5.32 Å². The Hall–Kier alpha value is -0.410. The van der Waals surface area contributed by atoms with Crippen molar-refractivity contribution < 1.29 is 4.39 Å². The summed E-state index contributed by atoms with van der Waals surface area (Å²) in [7, 11) is 0. The minimum Gasteiger partial charge on any atom is -0.312 e. The molecule has 18 heavy (non-hydrogen) atoms. The van der Waals surface area contributed by atoms with Gasteiger partial charge >= 0.3 is 0 Å². The van der Waals surface area contributed by atoms with Crippen molar-refractivity contribution in [2.75, 3.05) is 6.54 Å². The number of hydrogen-bond acceptors (Lipinski definition) is 1. The number of rotatable bonds is 5. The second kappa shape index (κ2) is 6.16. The van der Waals surface area contributed by atoms with Crippen LogP contribution in [0.15, 0.2) is 22.7 Å². The third kappa shape index (κ3) is 3.55. The molecule has 1 fully saturated rings. The Bertz CT molecular complexity index is 379. The van der Waals surface area contributed by atoms with Crippen LogP contribution in [0.2, 0.25) is 0 Å². The highest BCUT2D eigenvalue weighted by Gasteiger charge is 2.31. The van der Waals surface area contributed by atoms with Crippen LogP contribution in [0, 0.1) is 11.2 Å². The Balaban J connectivity index is 1.87. The minimum absolute atomic E-state index is 0.174. The molecule has 2 rings (SSSR count). The third-order valence-corrected chi connectivity index (χ3v) is 4.62. The van der Waals surface area contributed by atoms with Crippen LogP contribution >= 0.6 is 15.9 Å². The van der Waals surface area contributed by atoms with Crippen LogP contribution in [0.25, 0.3) is 0 Å². The van der Waals surface area contributed by atoms with Crippen molar-refractivity contribution in [3.05, 3.63) is 34.1 Å². The van der Waals surface area contributed by atoms with E-state index in [1.54, 1.807) is 6.07 Å². The molecule has 3 heteroatoms. The highest BCUT2D eigenvalue weighted by atomic mass is 79.9. The van der Waals surface area contributed by atoms with E-state index in [9.17, 15) is 4.39 Å². The van der Waals surface area contributed by atoms with Gasteiger partial charge in [-0.25, -0.2) is 4.39 Å². The average molecular weight is 314 g/mol. The zero-order valence-electron chi connectivity index (χ0n) is 10.9. The predicted molar refractivity (Wildman–Crippen MR) is 77.0 cm³/mol. The van der Waals surface area contributed by atoms with Crippen LogP contribution < -0.4 is 5.32 Å². The van der Waals surface area contributed by atoms with E-state index in [-0.39, 0.29) is 5.82 Å². The molecular formula is C15H21BrFN. The molecular weight excluding hydrogens is 293 g/mol.